The Morgan fingerprint density at radius 3 is 2.48 bits per heavy atom. The zero-order valence-corrected chi connectivity index (χ0v) is 18.3. The molecule has 0 aliphatic carbocycles. The molecule has 1 aromatic heterocycles. The smallest absolute Gasteiger partial charge is 0.411 e. The third-order valence-electron chi connectivity index (χ3n) is 4.94. The molecule has 0 unspecified atom stereocenters. The number of aryl methyl sites for hydroxylation is 1. The fourth-order valence-electron chi connectivity index (χ4n) is 3.16. The number of aromatic nitrogens is 1. The molecular formula is C23H26N2O6. The first-order valence-corrected chi connectivity index (χ1v) is 9.69. The van der Waals surface area contributed by atoms with Crippen molar-refractivity contribution < 1.29 is 28.3 Å². The Hall–Kier alpha value is -3.52. The summed E-state index contributed by atoms with van der Waals surface area (Å²) in [6, 6.07) is 9.36. The van der Waals surface area contributed by atoms with Crippen molar-refractivity contribution in [2.45, 2.75) is 13.8 Å². The van der Waals surface area contributed by atoms with Gasteiger partial charge in [-0.2, -0.15) is 0 Å². The lowest BCUT2D eigenvalue weighted by molar-refractivity contribution is 0.107. The second-order valence-corrected chi connectivity index (χ2v) is 6.86. The SMILES string of the molecule is COCCOC(=O)Nc1cc(-c2cnoc2-c2cc(C)c(C)c(OC)c2)ccc1OC. The molecule has 1 N–H and O–H groups in total. The summed E-state index contributed by atoms with van der Waals surface area (Å²) >= 11 is 0. The highest BCUT2D eigenvalue weighted by Crippen LogP contribution is 2.38. The minimum absolute atomic E-state index is 0.148. The largest absolute Gasteiger partial charge is 0.496 e. The van der Waals surface area contributed by atoms with Crippen LogP contribution in [-0.4, -0.2) is 45.8 Å². The number of amides is 1. The van der Waals surface area contributed by atoms with Gasteiger partial charge in [-0.3, -0.25) is 5.32 Å². The van der Waals surface area contributed by atoms with Crippen LogP contribution >= 0.6 is 0 Å². The molecular weight excluding hydrogens is 400 g/mol. The molecule has 8 nitrogen and oxygen atoms in total. The van der Waals surface area contributed by atoms with E-state index in [1.807, 2.05) is 32.0 Å². The number of anilines is 1. The van der Waals surface area contributed by atoms with Gasteiger partial charge in [0.25, 0.3) is 0 Å². The number of carbonyl (C=O) groups is 1. The van der Waals surface area contributed by atoms with Crippen LogP contribution in [0.4, 0.5) is 10.5 Å². The highest BCUT2D eigenvalue weighted by Gasteiger charge is 2.18. The number of methoxy groups -OCH3 is 3. The summed E-state index contributed by atoms with van der Waals surface area (Å²) in [7, 11) is 4.71. The molecule has 3 rings (SSSR count). The Labute approximate surface area is 181 Å². The van der Waals surface area contributed by atoms with Crippen molar-refractivity contribution in [1.82, 2.24) is 5.16 Å². The number of nitrogens with zero attached hydrogens (tertiary/aromatic N) is 1. The van der Waals surface area contributed by atoms with E-state index in [4.69, 9.17) is 23.5 Å². The van der Waals surface area contributed by atoms with Crippen LogP contribution < -0.4 is 14.8 Å². The summed E-state index contributed by atoms with van der Waals surface area (Å²) in [4.78, 5) is 12.1. The first-order chi connectivity index (χ1) is 15.0. The number of nitrogens with one attached hydrogen (secondary N) is 1. The van der Waals surface area contributed by atoms with E-state index in [9.17, 15) is 4.79 Å². The van der Waals surface area contributed by atoms with E-state index in [2.05, 4.69) is 10.5 Å². The van der Waals surface area contributed by atoms with Crippen molar-refractivity contribution in [1.29, 1.82) is 0 Å². The van der Waals surface area contributed by atoms with Crippen molar-refractivity contribution in [3.8, 4) is 33.9 Å². The molecule has 0 aliphatic heterocycles. The molecule has 0 bridgehead atoms. The molecule has 0 aliphatic rings. The van der Waals surface area contributed by atoms with E-state index in [1.54, 1.807) is 25.4 Å². The van der Waals surface area contributed by atoms with Gasteiger partial charge >= 0.3 is 6.09 Å². The summed E-state index contributed by atoms with van der Waals surface area (Å²) in [6.07, 6.45) is 1.04. The molecule has 0 spiro atoms. The van der Waals surface area contributed by atoms with E-state index in [0.717, 1.165) is 33.6 Å². The molecule has 31 heavy (non-hydrogen) atoms. The minimum Gasteiger partial charge on any atom is -0.496 e. The Morgan fingerprint density at radius 2 is 1.77 bits per heavy atom. The standard InChI is InChI=1S/C23H26N2O6/c1-14-10-17(12-21(29-5)15(14)2)22-18(13-24-31-22)16-6-7-20(28-4)19(11-16)25-23(26)30-9-8-27-3/h6-7,10-13H,8-9H2,1-5H3,(H,25,26). The van der Waals surface area contributed by atoms with E-state index in [1.165, 1.54) is 14.2 Å². The number of ether oxygens (including phenoxy) is 4. The average Bonchev–Trinajstić information content (AvgIpc) is 3.25. The predicted octanol–water partition coefficient (Wildman–Crippen LogP) is 4.84. The number of benzene rings is 2. The van der Waals surface area contributed by atoms with Crippen molar-refractivity contribution in [3.05, 3.63) is 47.7 Å². The topological polar surface area (TPSA) is 92.1 Å². The quantitative estimate of drug-likeness (QED) is 0.515. The molecule has 0 atom stereocenters. The van der Waals surface area contributed by atoms with Gasteiger partial charge in [0.15, 0.2) is 5.76 Å². The van der Waals surface area contributed by atoms with Gasteiger partial charge < -0.3 is 23.5 Å². The van der Waals surface area contributed by atoms with Gasteiger partial charge in [0, 0.05) is 18.2 Å². The molecule has 2 aromatic carbocycles. The lowest BCUT2D eigenvalue weighted by Crippen LogP contribution is -2.16. The average molecular weight is 426 g/mol. The number of rotatable bonds is 8. The molecule has 1 amide bonds. The van der Waals surface area contributed by atoms with Crippen LogP contribution in [-0.2, 0) is 9.47 Å². The van der Waals surface area contributed by atoms with E-state index in [-0.39, 0.29) is 6.61 Å². The zero-order chi connectivity index (χ0) is 22.4. The second kappa shape index (κ2) is 9.99. The molecule has 164 valence electrons. The highest BCUT2D eigenvalue weighted by molar-refractivity contribution is 5.89. The van der Waals surface area contributed by atoms with Gasteiger partial charge in [0.2, 0.25) is 0 Å². The molecule has 8 heteroatoms. The first kappa shape index (κ1) is 22.2. The molecule has 0 saturated heterocycles. The van der Waals surface area contributed by atoms with Gasteiger partial charge in [-0.15, -0.1) is 0 Å². The maximum Gasteiger partial charge on any atom is 0.411 e. The Morgan fingerprint density at radius 1 is 1.00 bits per heavy atom. The third-order valence-corrected chi connectivity index (χ3v) is 4.94. The second-order valence-electron chi connectivity index (χ2n) is 6.86. The van der Waals surface area contributed by atoms with Gasteiger partial charge in [0.05, 0.1) is 32.7 Å². The van der Waals surface area contributed by atoms with Gasteiger partial charge in [-0.05, 0) is 54.8 Å². The number of hydrogen-bond donors (Lipinski definition) is 1. The van der Waals surface area contributed by atoms with Crippen molar-refractivity contribution >= 4 is 11.8 Å². The summed E-state index contributed by atoms with van der Waals surface area (Å²) in [5.41, 5.74) is 5.01. The van der Waals surface area contributed by atoms with Crippen molar-refractivity contribution in [2.24, 2.45) is 0 Å². The number of hydrogen-bond acceptors (Lipinski definition) is 7. The summed E-state index contributed by atoms with van der Waals surface area (Å²) < 4.78 is 26.4. The van der Waals surface area contributed by atoms with Crippen LogP contribution in [0, 0.1) is 13.8 Å². The molecule has 0 saturated carbocycles. The maximum atomic E-state index is 12.1. The Balaban J connectivity index is 1.96. The lowest BCUT2D eigenvalue weighted by atomic mass is 9.98. The van der Waals surface area contributed by atoms with Gasteiger partial charge in [0.1, 0.15) is 18.1 Å². The molecule has 3 aromatic rings. The first-order valence-electron chi connectivity index (χ1n) is 9.69. The van der Waals surface area contributed by atoms with Crippen LogP contribution in [0.2, 0.25) is 0 Å². The van der Waals surface area contributed by atoms with E-state index in [0.29, 0.717) is 23.8 Å². The van der Waals surface area contributed by atoms with Crippen LogP contribution in [0.5, 0.6) is 11.5 Å². The predicted molar refractivity (Wildman–Crippen MR) is 117 cm³/mol. The van der Waals surface area contributed by atoms with Crippen LogP contribution in [0.25, 0.3) is 22.5 Å². The minimum atomic E-state index is -0.600. The number of carbonyl (C=O) groups excluding carboxylic acids is 1. The van der Waals surface area contributed by atoms with Crippen molar-refractivity contribution in [2.75, 3.05) is 39.9 Å². The van der Waals surface area contributed by atoms with Crippen molar-refractivity contribution in [3.63, 3.8) is 0 Å². The van der Waals surface area contributed by atoms with Crippen LogP contribution in [0.3, 0.4) is 0 Å². The molecule has 0 radical (unpaired) electrons. The normalized spacial score (nSPS) is 10.6. The Bertz CT molecular complexity index is 1060. The lowest BCUT2D eigenvalue weighted by Gasteiger charge is -2.13. The van der Waals surface area contributed by atoms with Gasteiger partial charge in [-0.25, -0.2) is 4.79 Å². The monoisotopic (exact) mass is 426 g/mol. The van der Waals surface area contributed by atoms with E-state index < -0.39 is 6.09 Å². The Kier molecular flexibility index (Phi) is 7.15. The summed E-state index contributed by atoms with van der Waals surface area (Å²) in [6.45, 7) is 4.48. The zero-order valence-electron chi connectivity index (χ0n) is 18.3. The fourth-order valence-corrected chi connectivity index (χ4v) is 3.16. The summed E-state index contributed by atoms with van der Waals surface area (Å²) in [5.74, 6) is 1.87. The summed E-state index contributed by atoms with van der Waals surface area (Å²) in [5, 5.41) is 6.70. The van der Waals surface area contributed by atoms with E-state index >= 15 is 0 Å². The maximum absolute atomic E-state index is 12.1. The highest BCUT2D eigenvalue weighted by atomic mass is 16.6. The fraction of sp³-hybridized carbons (Fsp3) is 0.304. The van der Waals surface area contributed by atoms with Crippen LogP contribution in [0.1, 0.15) is 11.1 Å². The third kappa shape index (κ3) is 4.97. The van der Waals surface area contributed by atoms with Gasteiger partial charge in [-0.1, -0.05) is 11.2 Å². The molecule has 1 heterocycles. The van der Waals surface area contributed by atoms with Crippen LogP contribution in [0.15, 0.2) is 41.1 Å². The molecule has 0 fully saturated rings.